The molecule has 3 aromatic carbocycles. The van der Waals surface area contributed by atoms with Gasteiger partial charge in [-0.25, -0.2) is 0 Å². The zero-order chi connectivity index (χ0) is 25.5. The lowest BCUT2D eigenvalue weighted by atomic mass is 9.92. The fourth-order valence-corrected chi connectivity index (χ4v) is 4.30. The van der Waals surface area contributed by atoms with Gasteiger partial charge in [0.05, 0.1) is 29.9 Å². The molecule has 4 rings (SSSR count). The molecule has 0 aliphatic carbocycles. The molecule has 1 saturated heterocycles. The van der Waals surface area contributed by atoms with Crippen molar-refractivity contribution in [1.82, 2.24) is 0 Å². The number of carbonyl (C=O) groups excluding carboxylic acids is 2. The second-order valence-corrected chi connectivity index (χ2v) is 8.35. The van der Waals surface area contributed by atoms with E-state index in [4.69, 9.17) is 16.3 Å². The number of rotatable bonds is 4. The Morgan fingerprint density at radius 2 is 1.74 bits per heavy atom. The summed E-state index contributed by atoms with van der Waals surface area (Å²) in [5.74, 6) is -2.47. The van der Waals surface area contributed by atoms with Crippen molar-refractivity contribution >= 4 is 34.7 Å². The summed E-state index contributed by atoms with van der Waals surface area (Å²) in [5, 5.41) is 11.5. The minimum Gasteiger partial charge on any atom is -0.507 e. The molecule has 0 radical (unpaired) electrons. The van der Waals surface area contributed by atoms with Crippen molar-refractivity contribution in [3.8, 4) is 5.75 Å². The molecule has 0 spiro atoms. The van der Waals surface area contributed by atoms with E-state index < -0.39 is 35.2 Å². The van der Waals surface area contributed by atoms with Crippen LogP contribution in [0.4, 0.5) is 18.9 Å². The molecule has 1 amide bonds. The van der Waals surface area contributed by atoms with Crippen LogP contribution in [0, 0.1) is 6.92 Å². The Labute approximate surface area is 204 Å². The standard InChI is InChI=1S/C26H19ClF3NO4/c1-14-6-3-4-9-18(14)22-21(23(32)19-13-16(27)10-11-20(19)35-2)24(33)25(34)31(22)17-8-5-7-15(12-17)26(28,29)30/h3-13,22,32H,1-2H3/b23-21+. The summed E-state index contributed by atoms with van der Waals surface area (Å²) in [7, 11) is 1.36. The van der Waals surface area contributed by atoms with E-state index in [0.717, 1.165) is 23.1 Å². The summed E-state index contributed by atoms with van der Waals surface area (Å²) < 4.78 is 45.5. The molecule has 0 bridgehead atoms. The average Bonchev–Trinajstić information content (AvgIpc) is 3.08. The first-order valence-corrected chi connectivity index (χ1v) is 10.8. The van der Waals surface area contributed by atoms with Crippen molar-refractivity contribution < 1.29 is 32.6 Å². The van der Waals surface area contributed by atoms with E-state index in [2.05, 4.69) is 0 Å². The van der Waals surface area contributed by atoms with Gasteiger partial charge in [-0.15, -0.1) is 0 Å². The maximum atomic E-state index is 13.4. The van der Waals surface area contributed by atoms with Crippen LogP contribution >= 0.6 is 11.6 Å². The number of benzene rings is 3. The van der Waals surface area contributed by atoms with E-state index in [1.807, 2.05) is 0 Å². The van der Waals surface area contributed by atoms with Crippen molar-refractivity contribution in [3.05, 3.63) is 99.6 Å². The number of alkyl halides is 3. The number of ether oxygens (including phenoxy) is 1. The Morgan fingerprint density at radius 1 is 1.03 bits per heavy atom. The first-order chi connectivity index (χ1) is 16.5. The van der Waals surface area contributed by atoms with Gasteiger partial charge in [-0.3, -0.25) is 14.5 Å². The lowest BCUT2D eigenvalue weighted by Crippen LogP contribution is -2.30. The number of nitrogens with zero attached hydrogens (tertiary/aromatic N) is 1. The minimum absolute atomic E-state index is 0.0700. The molecule has 1 N–H and O–H groups in total. The van der Waals surface area contributed by atoms with Crippen LogP contribution in [-0.2, 0) is 15.8 Å². The van der Waals surface area contributed by atoms with Gasteiger partial charge in [0.15, 0.2) is 0 Å². The Balaban J connectivity index is 2.01. The van der Waals surface area contributed by atoms with E-state index in [1.54, 1.807) is 31.2 Å². The van der Waals surface area contributed by atoms with Crippen LogP contribution in [-0.4, -0.2) is 23.9 Å². The van der Waals surface area contributed by atoms with Gasteiger partial charge in [0.2, 0.25) is 0 Å². The molecule has 1 aliphatic heterocycles. The van der Waals surface area contributed by atoms with Gasteiger partial charge < -0.3 is 9.84 Å². The Hall–Kier alpha value is -3.78. The predicted molar refractivity (Wildman–Crippen MR) is 125 cm³/mol. The van der Waals surface area contributed by atoms with Crippen molar-refractivity contribution in [2.45, 2.75) is 19.1 Å². The Bertz CT molecular complexity index is 1370. The molecule has 1 fully saturated rings. The molecule has 0 aromatic heterocycles. The van der Waals surface area contributed by atoms with E-state index in [0.29, 0.717) is 11.1 Å². The summed E-state index contributed by atoms with van der Waals surface area (Å²) in [6, 6.07) is 14.2. The number of aliphatic hydroxyl groups excluding tert-OH is 1. The summed E-state index contributed by atoms with van der Waals surface area (Å²) in [6.45, 7) is 1.74. The summed E-state index contributed by atoms with van der Waals surface area (Å²) in [5.41, 5.74) is -0.195. The fraction of sp³-hybridized carbons (Fsp3) is 0.154. The van der Waals surface area contributed by atoms with Gasteiger partial charge in [-0.05, 0) is 54.4 Å². The van der Waals surface area contributed by atoms with E-state index in [9.17, 15) is 27.9 Å². The summed E-state index contributed by atoms with van der Waals surface area (Å²) >= 11 is 6.09. The molecule has 1 atom stereocenters. The maximum Gasteiger partial charge on any atom is 0.416 e. The SMILES string of the molecule is COc1ccc(Cl)cc1/C(O)=C1\C(=O)C(=O)N(c2cccc(C(F)(F)F)c2)C1c1ccccc1C. The first kappa shape index (κ1) is 24.3. The average molecular weight is 502 g/mol. The highest BCUT2D eigenvalue weighted by Gasteiger charge is 2.48. The zero-order valence-electron chi connectivity index (χ0n) is 18.6. The number of methoxy groups -OCH3 is 1. The molecule has 9 heteroatoms. The van der Waals surface area contributed by atoms with Gasteiger partial charge in [0.25, 0.3) is 11.7 Å². The normalized spacial score (nSPS) is 17.7. The molecule has 1 aliphatic rings. The highest BCUT2D eigenvalue weighted by atomic mass is 35.5. The Kier molecular flexibility index (Phi) is 6.34. The monoisotopic (exact) mass is 501 g/mol. The van der Waals surface area contributed by atoms with Gasteiger partial charge in [0, 0.05) is 10.7 Å². The molecule has 1 unspecified atom stereocenters. The summed E-state index contributed by atoms with van der Waals surface area (Å²) in [6.07, 6.45) is -4.66. The van der Waals surface area contributed by atoms with Gasteiger partial charge in [-0.2, -0.15) is 13.2 Å². The van der Waals surface area contributed by atoms with Crippen LogP contribution in [0.2, 0.25) is 5.02 Å². The van der Waals surface area contributed by atoms with E-state index in [-0.39, 0.29) is 27.6 Å². The number of hydrogen-bond acceptors (Lipinski definition) is 4. The highest BCUT2D eigenvalue weighted by Crippen LogP contribution is 2.45. The van der Waals surface area contributed by atoms with E-state index in [1.165, 1.54) is 31.4 Å². The molecule has 35 heavy (non-hydrogen) atoms. The largest absolute Gasteiger partial charge is 0.507 e. The molecule has 3 aromatic rings. The third-order valence-corrected chi connectivity index (χ3v) is 6.03. The number of hydrogen-bond donors (Lipinski definition) is 1. The fourth-order valence-electron chi connectivity index (χ4n) is 4.13. The number of aryl methyl sites for hydroxylation is 1. The second-order valence-electron chi connectivity index (χ2n) is 7.92. The number of amides is 1. The van der Waals surface area contributed by atoms with Crippen LogP contribution in [0.15, 0.2) is 72.3 Å². The minimum atomic E-state index is -4.66. The highest BCUT2D eigenvalue weighted by molar-refractivity contribution is 6.51. The van der Waals surface area contributed by atoms with Crippen molar-refractivity contribution in [1.29, 1.82) is 0 Å². The molecule has 0 saturated carbocycles. The number of Topliss-reactive ketones (excluding diaryl/α,β-unsaturated/α-hetero) is 1. The third kappa shape index (κ3) is 4.37. The predicted octanol–water partition coefficient (Wildman–Crippen LogP) is 6.30. The molecule has 5 nitrogen and oxygen atoms in total. The quantitative estimate of drug-likeness (QED) is 0.259. The van der Waals surface area contributed by atoms with Crippen LogP contribution in [0.3, 0.4) is 0 Å². The van der Waals surface area contributed by atoms with E-state index >= 15 is 0 Å². The second kappa shape index (κ2) is 9.11. The van der Waals surface area contributed by atoms with Crippen LogP contribution in [0.1, 0.15) is 28.3 Å². The number of anilines is 1. The van der Waals surface area contributed by atoms with Crippen molar-refractivity contribution in [2.24, 2.45) is 0 Å². The number of ketones is 1. The number of aliphatic hydroxyl groups is 1. The molecule has 1 heterocycles. The molecular weight excluding hydrogens is 483 g/mol. The van der Waals surface area contributed by atoms with Gasteiger partial charge >= 0.3 is 6.18 Å². The van der Waals surface area contributed by atoms with Crippen molar-refractivity contribution in [2.75, 3.05) is 12.0 Å². The topological polar surface area (TPSA) is 66.8 Å². The van der Waals surface area contributed by atoms with Crippen molar-refractivity contribution in [3.63, 3.8) is 0 Å². The first-order valence-electron chi connectivity index (χ1n) is 10.4. The van der Waals surface area contributed by atoms with Crippen LogP contribution < -0.4 is 9.64 Å². The maximum absolute atomic E-state index is 13.4. The number of carbonyl (C=O) groups is 2. The molecular formula is C26H19ClF3NO4. The van der Waals surface area contributed by atoms with Crippen LogP contribution in [0.25, 0.3) is 5.76 Å². The lowest BCUT2D eigenvalue weighted by molar-refractivity contribution is -0.137. The van der Waals surface area contributed by atoms with Gasteiger partial charge in [0.1, 0.15) is 11.5 Å². The lowest BCUT2D eigenvalue weighted by Gasteiger charge is -2.27. The summed E-state index contributed by atoms with van der Waals surface area (Å²) in [4.78, 5) is 27.5. The smallest absolute Gasteiger partial charge is 0.416 e. The Morgan fingerprint density at radius 3 is 2.40 bits per heavy atom. The number of halogens is 4. The third-order valence-electron chi connectivity index (χ3n) is 5.80. The zero-order valence-corrected chi connectivity index (χ0v) is 19.3. The van der Waals surface area contributed by atoms with Gasteiger partial charge in [-0.1, -0.05) is 41.9 Å². The molecule has 180 valence electrons. The van der Waals surface area contributed by atoms with Crippen LogP contribution in [0.5, 0.6) is 5.75 Å².